The minimum atomic E-state index is -0.247. The summed E-state index contributed by atoms with van der Waals surface area (Å²) in [6, 6.07) is 5.80. The molecule has 0 saturated carbocycles. The van der Waals surface area contributed by atoms with Crippen LogP contribution in [-0.2, 0) is 29.2 Å². The lowest BCUT2D eigenvalue weighted by molar-refractivity contribution is -0.136. The van der Waals surface area contributed by atoms with Gasteiger partial charge in [-0.2, -0.15) is 0 Å². The van der Waals surface area contributed by atoms with Crippen LogP contribution in [0.15, 0.2) is 24.4 Å². The second-order valence-corrected chi connectivity index (χ2v) is 9.66. The zero-order valence-electron chi connectivity index (χ0n) is 20.9. The van der Waals surface area contributed by atoms with E-state index >= 15 is 0 Å². The smallest absolute Gasteiger partial charge is 0.222 e. The highest BCUT2D eigenvalue weighted by Crippen LogP contribution is 2.31. The number of aliphatic hydroxyl groups excluding tert-OH is 1. The number of benzene rings is 1. The molecule has 2 aliphatic rings. The third kappa shape index (κ3) is 6.71. The molecule has 10 nitrogen and oxygen atoms in total. The van der Waals surface area contributed by atoms with E-state index in [2.05, 4.69) is 35.2 Å². The number of nitrogens with zero attached hydrogens (tertiary/aromatic N) is 5. The van der Waals surface area contributed by atoms with Crippen LogP contribution in [0.2, 0.25) is 0 Å². The third-order valence-electron chi connectivity index (χ3n) is 6.60. The van der Waals surface area contributed by atoms with Gasteiger partial charge in [-0.05, 0) is 38.1 Å². The van der Waals surface area contributed by atoms with Crippen LogP contribution in [-0.4, -0.2) is 87.9 Å². The number of carbonyl (C=O) groups excluding carboxylic acids is 1. The zero-order chi connectivity index (χ0) is 24.8. The van der Waals surface area contributed by atoms with Gasteiger partial charge in [0.1, 0.15) is 18.9 Å². The van der Waals surface area contributed by atoms with Gasteiger partial charge in [-0.1, -0.05) is 18.2 Å². The van der Waals surface area contributed by atoms with Crippen LogP contribution < -0.4 is 9.47 Å². The molecule has 1 aromatic heterocycles. The number of amides is 1. The highest BCUT2D eigenvalue weighted by atomic mass is 16.6. The average molecular weight is 488 g/mol. The minimum Gasteiger partial charge on any atom is -0.486 e. The number of likely N-dealkylation sites (N-methyl/N-ethyl adjacent to an activating group) is 1. The van der Waals surface area contributed by atoms with Crippen LogP contribution in [0.4, 0.5) is 0 Å². The fourth-order valence-electron chi connectivity index (χ4n) is 4.56. The quantitative estimate of drug-likeness (QED) is 0.657. The highest BCUT2D eigenvalue weighted by molar-refractivity contribution is 5.76. The molecular formula is C25H37N5O5. The van der Waals surface area contributed by atoms with Gasteiger partial charge in [0.2, 0.25) is 5.91 Å². The summed E-state index contributed by atoms with van der Waals surface area (Å²) in [5.74, 6) is 1.66. The minimum absolute atomic E-state index is 0.0429. The number of rotatable bonds is 6. The van der Waals surface area contributed by atoms with E-state index < -0.39 is 0 Å². The van der Waals surface area contributed by atoms with E-state index in [9.17, 15) is 9.90 Å². The molecule has 0 radical (unpaired) electrons. The van der Waals surface area contributed by atoms with Crippen molar-refractivity contribution >= 4 is 5.91 Å². The van der Waals surface area contributed by atoms with Gasteiger partial charge >= 0.3 is 0 Å². The normalized spacial score (nSPS) is 22.3. The second-order valence-electron chi connectivity index (χ2n) is 9.66. The predicted octanol–water partition coefficient (Wildman–Crippen LogP) is 1.71. The van der Waals surface area contributed by atoms with Crippen LogP contribution in [0.3, 0.4) is 0 Å². The highest BCUT2D eigenvalue weighted by Gasteiger charge is 2.28. The number of aliphatic hydroxyl groups is 1. The average Bonchev–Trinajstić information content (AvgIpc) is 3.31. The number of aromatic nitrogens is 3. The molecule has 3 atom stereocenters. The molecule has 35 heavy (non-hydrogen) atoms. The second kappa shape index (κ2) is 11.8. The van der Waals surface area contributed by atoms with Gasteiger partial charge in [0.25, 0.3) is 0 Å². The molecule has 1 aromatic carbocycles. The summed E-state index contributed by atoms with van der Waals surface area (Å²) in [5.41, 5.74) is 1.91. The molecule has 4 rings (SSSR count). The standard InChI is InChI=1S/C25H37N5O5/c1-18-12-30(19(2)16-31)25(32)5-4-8-29-14-21(26-27-29)17-35-24(18)15-28(3)13-20-6-7-22-23(11-20)34-10-9-33-22/h6-7,11,14,18-19,24,31H,4-5,8-10,12-13,15-17H2,1-3H3/t18-,19-,24-/m1/s1. The Morgan fingerprint density at radius 3 is 2.86 bits per heavy atom. The Bertz CT molecular complexity index is 983. The van der Waals surface area contributed by atoms with Gasteiger partial charge < -0.3 is 24.2 Å². The predicted molar refractivity (Wildman–Crippen MR) is 129 cm³/mol. The lowest BCUT2D eigenvalue weighted by atomic mass is 10.0. The van der Waals surface area contributed by atoms with Crippen LogP contribution in [0.5, 0.6) is 11.5 Å². The van der Waals surface area contributed by atoms with Gasteiger partial charge in [-0.3, -0.25) is 14.4 Å². The molecule has 2 aromatic rings. The van der Waals surface area contributed by atoms with Gasteiger partial charge in [0.05, 0.1) is 31.6 Å². The van der Waals surface area contributed by atoms with Crippen molar-refractivity contribution < 1.29 is 24.1 Å². The number of aryl methyl sites for hydroxylation is 1. The summed E-state index contributed by atoms with van der Waals surface area (Å²) in [4.78, 5) is 17.0. The van der Waals surface area contributed by atoms with Crippen molar-refractivity contribution in [1.82, 2.24) is 24.8 Å². The van der Waals surface area contributed by atoms with Gasteiger partial charge in [-0.25, -0.2) is 0 Å². The molecule has 3 heterocycles. The van der Waals surface area contributed by atoms with Crippen molar-refractivity contribution in [3.8, 4) is 11.5 Å². The van der Waals surface area contributed by atoms with Crippen LogP contribution in [0.25, 0.3) is 0 Å². The van der Waals surface area contributed by atoms with E-state index in [0.717, 1.165) is 29.3 Å². The van der Waals surface area contributed by atoms with Gasteiger partial charge in [-0.15, -0.1) is 5.10 Å². The van der Waals surface area contributed by atoms with E-state index in [1.807, 2.05) is 25.3 Å². The SMILES string of the molecule is C[C@@H]1CN([C@H](C)CO)C(=O)CCCn2cc(nn2)CO[C@@H]1CN(C)Cc1ccc2c(c1)OCCO2. The monoisotopic (exact) mass is 487 g/mol. The summed E-state index contributed by atoms with van der Waals surface area (Å²) in [7, 11) is 2.06. The number of hydrogen-bond acceptors (Lipinski definition) is 8. The summed E-state index contributed by atoms with van der Waals surface area (Å²) in [6.07, 6.45) is 2.82. The van der Waals surface area contributed by atoms with Crippen molar-refractivity contribution in [1.29, 1.82) is 0 Å². The van der Waals surface area contributed by atoms with Crippen molar-refractivity contribution in [2.24, 2.45) is 5.92 Å². The first-order valence-corrected chi connectivity index (χ1v) is 12.4. The van der Waals surface area contributed by atoms with Crippen molar-refractivity contribution in [2.75, 3.05) is 40.0 Å². The molecule has 192 valence electrons. The van der Waals surface area contributed by atoms with E-state index in [1.54, 1.807) is 9.58 Å². The fraction of sp³-hybridized carbons (Fsp3) is 0.640. The van der Waals surface area contributed by atoms with Crippen molar-refractivity contribution in [2.45, 2.75) is 58.5 Å². The van der Waals surface area contributed by atoms with Crippen LogP contribution >= 0.6 is 0 Å². The Morgan fingerprint density at radius 1 is 1.26 bits per heavy atom. The maximum Gasteiger partial charge on any atom is 0.222 e. The molecule has 10 heteroatoms. The molecule has 1 amide bonds. The number of carbonyl (C=O) groups is 1. The largest absolute Gasteiger partial charge is 0.486 e. The van der Waals surface area contributed by atoms with E-state index in [4.69, 9.17) is 14.2 Å². The van der Waals surface area contributed by atoms with Crippen LogP contribution in [0.1, 0.15) is 37.9 Å². The Labute approximate surface area is 206 Å². The molecule has 0 aliphatic carbocycles. The molecule has 0 unspecified atom stereocenters. The zero-order valence-corrected chi connectivity index (χ0v) is 20.9. The topological polar surface area (TPSA) is 102 Å². The number of fused-ring (bicyclic) bond motifs is 3. The molecule has 1 N–H and O–H groups in total. The molecule has 0 saturated heterocycles. The van der Waals surface area contributed by atoms with E-state index in [0.29, 0.717) is 52.3 Å². The molecule has 0 fully saturated rings. The van der Waals surface area contributed by atoms with Crippen molar-refractivity contribution in [3.63, 3.8) is 0 Å². The van der Waals surface area contributed by atoms with E-state index in [1.165, 1.54) is 0 Å². The Morgan fingerprint density at radius 2 is 2.06 bits per heavy atom. The van der Waals surface area contributed by atoms with Crippen LogP contribution in [0, 0.1) is 5.92 Å². The maximum absolute atomic E-state index is 13.0. The fourth-order valence-corrected chi connectivity index (χ4v) is 4.56. The number of hydrogen-bond donors (Lipinski definition) is 1. The van der Waals surface area contributed by atoms with E-state index in [-0.39, 0.29) is 30.6 Å². The first kappa shape index (κ1) is 25.4. The molecule has 2 bridgehead atoms. The Kier molecular flexibility index (Phi) is 8.59. The first-order valence-electron chi connectivity index (χ1n) is 12.4. The molecule has 0 spiro atoms. The Hall–Kier alpha value is -2.69. The van der Waals surface area contributed by atoms with Crippen molar-refractivity contribution in [3.05, 3.63) is 35.7 Å². The lowest BCUT2D eigenvalue weighted by Crippen LogP contribution is -2.47. The number of ether oxygens (including phenoxy) is 3. The molecule has 2 aliphatic heterocycles. The molecular weight excluding hydrogens is 450 g/mol. The Balaban J connectivity index is 1.47. The summed E-state index contributed by atoms with van der Waals surface area (Å²) in [6.45, 7) is 7.94. The summed E-state index contributed by atoms with van der Waals surface area (Å²) >= 11 is 0. The third-order valence-corrected chi connectivity index (χ3v) is 6.60. The maximum atomic E-state index is 13.0. The lowest BCUT2D eigenvalue weighted by Gasteiger charge is -2.35. The van der Waals surface area contributed by atoms with Gasteiger partial charge in [0.15, 0.2) is 11.5 Å². The first-order chi connectivity index (χ1) is 16.9. The summed E-state index contributed by atoms with van der Waals surface area (Å²) in [5, 5.41) is 18.2. The van der Waals surface area contributed by atoms with Gasteiger partial charge in [0, 0.05) is 38.5 Å². The summed E-state index contributed by atoms with van der Waals surface area (Å²) < 4.78 is 19.5.